The third-order valence-electron chi connectivity index (χ3n) is 2.71. The molecule has 1 atom stereocenters. The molecule has 3 nitrogen and oxygen atoms in total. The molecule has 15 heavy (non-hydrogen) atoms. The summed E-state index contributed by atoms with van der Waals surface area (Å²) in [4.78, 5) is 4.26. The van der Waals surface area contributed by atoms with Gasteiger partial charge in [-0.2, -0.15) is 5.10 Å². The van der Waals surface area contributed by atoms with Crippen molar-refractivity contribution >= 4 is 12.3 Å². The van der Waals surface area contributed by atoms with Gasteiger partial charge < -0.3 is 0 Å². The number of hydrogen-bond acceptors (Lipinski definition) is 2. The van der Waals surface area contributed by atoms with Gasteiger partial charge in [0.25, 0.3) is 0 Å². The first-order chi connectivity index (χ1) is 7.17. The molecular formula is C12H13N3. The first-order valence-electron chi connectivity index (χ1n) is 4.97. The van der Waals surface area contributed by atoms with E-state index in [0.717, 1.165) is 12.2 Å². The average Bonchev–Trinajstić information content (AvgIpc) is 2.60. The molecule has 1 unspecified atom stereocenters. The van der Waals surface area contributed by atoms with Crippen LogP contribution in [0.1, 0.15) is 31.8 Å². The van der Waals surface area contributed by atoms with Crippen LogP contribution >= 0.6 is 0 Å². The van der Waals surface area contributed by atoms with Gasteiger partial charge in [-0.1, -0.05) is 19.9 Å². The predicted molar refractivity (Wildman–Crippen MR) is 61.5 cm³/mol. The topological polar surface area (TPSA) is 30.2 Å². The van der Waals surface area contributed by atoms with Crippen LogP contribution in [0.3, 0.4) is 0 Å². The quantitative estimate of drug-likeness (QED) is 0.637. The second kappa shape index (κ2) is 3.39. The van der Waals surface area contributed by atoms with Gasteiger partial charge in [0.2, 0.25) is 0 Å². The zero-order valence-corrected chi connectivity index (χ0v) is 8.94. The molecule has 1 aromatic rings. The zero-order chi connectivity index (χ0) is 10.9. The third kappa shape index (κ3) is 1.71. The highest BCUT2D eigenvalue weighted by Crippen LogP contribution is 2.24. The van der Waals surface area contributed by atoms with E-state index in [1.807, 2.05) is 12.3 Å². The lowest BCUT2D eigenvalue weighted by atomic mass is 9.89. The summed E-state index contributed by atoms with van der Waals surface area (Å²) in [6.07, 6.45) is 14.1. The normalized spacial score (nSPS) is 23.3. The van der Waals surface area contributed by atoms with Crippen molar-refractivity contribution in [2.45, 2.75) is 20.3 Å². The lowest BCUT2D eigenvalue weighted by molar-refractivity contribution is 0.586. The molecule has 0 N–H and O–H groups in total. The Morgan fingerprint density at radius 1 is 1.60 bits per heavy atom. The molecule has 0 aromatic carbocycles. The Morgan fingerprint density at radius 2 is 2.40 bits per heavy atom. The average molecular weight is 199 g/mol. The summed E-state index contributed by atoms with van der Waals surface area (Å²) in [6, 6.07) is 0. The molecule has 2 rings (SSSR count). The highest BCUT2D eigenvalue weighted by Gasteiger charge is 2.18. The van der Waals surface area contributed by atoms with E-state index in [2.05, 4.69) is 35.9 Å². The van der Waals surface area contributed by atoms with Crippen molar-refractivity contribution in [3.8, 4) is 12.3 Å². The third-order valence-corrected chi connectivity index (χ3v) is 2.71. The summed E-state index contributed by atoms with van der Waals surface area (Å²) >= 11 is 0. The van der Waals surface area contributed by atoms with Gasteiger partial charge in [-0.25, -0.2) is 9.66 Å². The van der Waals surface area contributed by atoms with Crippen LogP contribution < -0.4 is 0 Å². The Hall–Kier alpha value is -1.82. The number of imidazole rings is 1. The Balaban J connectivity index is 2.44. The molecule has 0 spiro atoms. The second-order valence-corrected chi connectivity index (χ2v) is 3.91. The number of aromatic nitrogens is 2. The standard InChI is InChI=1S/C12H13N3/c1-4-10-8-15-11(14-10)6-7-12(3,5-2)9-13-15/h1,6-9H,5H2,2-3H3. The van der Waals surface area contributed by atoms with Gasteiger partial charge in [0.1, 0.15) is 5.69 Å². The van der Waals surface area contributed by atoms with E-state index in [4.69, 9.17) is 6.42 Å². The van der Waals surface area contributed by atoms with Crippen molar-refractivity contribution < 1.29 is 0 Å². The van der Waals surface area contributed by atoms with Crippen molar-refractivity contribution in [2.24, 2.45) is 10.5 Å². The van der Waals surface area contributed by atoms with E-state index in [9.17, 15) is 0 Å². The van der Waals surface area contributed by atoms with Gasteiger partial charge in [0.15, 0.2) is 5.82 Å². The lowest BCUT2D eigenvalue weighted by Gasteiger charge is -2.15. The summed E-state index contributed by atoms with van der Waals surface area (Å²) in [5, 5.41) is 4.35. The van der Waals surface area contributed by atoms with E-state index in [1.165, 1.54) is 0 Å². The first kappa shape index (κ1) is 9.72. The summed E-state index contributed by atoms with van der Waals surface area (Å²) in [6.45, 7) is 4.28. The summed E-state index contributed by atoms with van der Waals surface area (Å²) < 4.78 is 1.71. The van der Waals surface area contributed by atoms with Crippen LogP contribution in [0, 0.1) is 17.8 Å². The Morgan fingerprint density at radius 3 is 3.07 bits per heavy atom. The molecule has 76 valence electrons. The molecule has 1 aliphatic heterocycles. The van der Waals surface area contributed by atoms with Crippen molar-refractivity contribution in [1.82, 2.24) is 9.66 Å². The second-order valence-electron chi connectivity index (χ2n) is 3.91. The van der Waals surface area contributed by atoms with Crippen LogP contribution in [-0.4, -0.2) is 15.9 Å². The van der Waals surface area contributed by atoms with Gasteiger partial charge in [0, 0.05) is 11.6 Å². The van der Waals surface area contributed by atoms with Crippen molar-refractivity contribution in [3.05, 3.63) is 23.8 Å². The SMILES string of the molecule is C#Cc1cn2c(n1)C=CC(C)(CC)C=N2. The molecule has 2 heterocycles. The zero-order valence-electron chi connectivity index (χ0n) is 8.94. The van der Waals surface area contributed by atoms with Crippen molar-refractivity contribution in [1.29, 1.82) is 0 Å². The number of nitrogens with zero attached hydrogens (tertiary/aromatic N) is 3. The maximum Gasteiger partial charge on any atom is 0.154 e. The number of rotatable bonds is 1. The monoisotopic (exact) mass is 199 g/mol. The molecule has 0 aliphatic carbocycles. The predicted octanol–water partition coefficient (Wildman–Crippen LogP) is 2.14. The molecule has 1 aliphatic rings. The maximum absolute atomic E-state index is 5.28. The fourth-order valence-electron chi connectivity index (χ4n) is 1.37. The number of allylic oxidation sites excluding steroid dienone is 1. The Bertz CT molecular complexity index is 440. The molecule has 0 bridgehead atoms. The Kier molecular flexibility index (Phi) is 2.20. The molecule has 0 saturated carbocycles. The van der Waals surface area contributed by atoms with Crippen LogP contribution in [0.15, 0.2) is 17.4 Å². The Labute approximate surface area is 89.5 Å². The lowest BCUT2D eigenvalue weighted by Crippen LogP contribution is -2.12. The molecule has 0 fully saturated rings. The fraction of sp³-hybridized carbons (Fsp3) is 0.333. The molecule has 0 saturated heterocycles. The summed E-state index contributed by atoms with van der Waals surface area (Å²) in [5.41, 5.74) is 0.628. The van der Waals surface area contributed by atoms with Crippen molar-refractivity contribution in [3.63, 3.8) is 0 Å². The molecule has 3 heteroatoms. The molecular weight excluding hydrogens is 186 g/mol. The number of fused-ring (bicyclic) bond motifs is 1. The largest absolute Gasteiger partial charge is 0.220 e. The van der Waals surface area contributed by atoms with Crippen LogP contribution in [-0.2, 0) is 0 Å². The number of hydrogen-bond donors (Lipinski definition) is 0. The van der Waals surface area contributed by atoms with Gasteiger partial charge in [-0.3, -0.25) is 0 Å². The molecule has 0 radical (unpaired) electrons. The van der Waals surface area contributed by atoms with E-state index >= 15 is 0 Å². The first-order valence-corrected chi connectivity index (χ1v) is 4.97. The van der Waals surface area contributed by atoms with E-state index in [0.29, 0.717) is 5.69 Å². The van der Waals surface area contributed by atoms with Crippen molar-refractivity contribution in [2.75, 3.05) is 0 Å². The fourth-order valence-corrected chi connectivity index (χ4v) is 1.37. The van der Waals surface area contributed by atoms with Gasteiger partial charge in [0.05, 0.1) is 6.20 Å². The van der Waals surface area contributed by atoms with Crippen LogP contribution in [0.5, 0.6) is 0 Å². The summed E-state index contributed by atoms with van der Waals surface area (Å²) in [7, 11) is 0. The van der Waals surface area contributed by atoms with Crippen LogP contribution in [0.2, 0.25) is 0 Å². The van der Waals surface area contributed by atoms with Gasteiger partial charge in [-0.05, 0) is 18.4 Å². The van der Waals surface area contributed by atoms with E-state index in [1.54, 1.807) is 10.9 Å². The van der Waals surface area contributed by atoms with E-state index < -0.39 is 0 Å². The minimum atomic E-state index is 0.0109. The van der Waals surface area contributed by atoms with Gasteiger partial charge >= 0.3 is 0 Å². The minimum Gasteiger partial charge on any atom is -0.220 e. The number of terminal acetylenes is 1. The highest BCUT2D eigenvalue weighted by atomic mass is 15.4. The van der Waals surface area contributed by atoms with E-state index in [-0.39, 0.29) is 5.41 Å². The molecule has 1 aromatic heterocycles. The maximum atomic E-state index is 5.28. The minimum absolute atomic E-state index is 0.0109. The summed E-state index contributed by atoms with van der Waals surface area (Å²) in [5.74, 6) is 3.29. The molecule has 0 amide bonds. The highest BCUT2D eigenvalue weighted by molar-refractivity contribution is 5.71. The van der Waals surface area contributed by atoms with Crippen LogP contribution in [0.25, 0.3) is 6.08 Å². The smallest absolute Gasteiger partial charge is 0.154 e. The van der Waals surface area contributed by atoms with Gasteiger partial charge in [-0.15, -0.1) is 6.42 Å². The van der Waals surface area contributed by atoms with Crippen LogP contribution in [0.4, 0.5) is 0 Å².